The van der Waals surface area contributed by atoms with E-state index in [1.807, 2.05) is 20.8 Å². The predicted octanol–water partition coefficient (Wildman–Crippen LogP) is 3.07. The first-order chi connectivity index (χ1) is 9.87. The minimum absolute atomic E-state index is 0.358. The molecule has 3 heterocycles. The van der Waals surface area contributed by atoms with Gasteiger partial charge in [-0.15, -0.1) is 0 Å². The molecule has 0 radical (unpaired) electrons. The van der Waals surface area contributed by atoms with Gasteiger partial charge in [-0.05, 0) is 33.6 Å². The third-order valence-corrected chi connectivity index (χ3v) is 3.53. The molecule has 3 rings (SSSR count). The monoisotopic (exact) mass is 308 g/mol. The molecule has 6 nitrogen and oxygen atoms in total. The summed E-state index contributed by atoms with van der Waals surface area (Å²) in [7, 11) is 0. The molecule has 1 amide bonds. The van der Waals surface area contributed by atoms with Gasteiger partial charge in [0.1, 0.15) is 10.6 Å². The van der Waals surface area contributed by atoms with Crippen molar-refractivity contribution in [1.82, 2.24) is 14.6 Å². The van der Waals surface area contributed by atoms with E-state index in [0.29, 0.717) is 17.2 Å². The molecule has 0 aliphatic carbocycles. The number of amides is 1. The van der Waals surface area contributed by atoms with Crippen LogP contribution in [0.4, 0.5) is 10.5 Å². The van der Waals surface area contributed by atoms with Gasteiger partial charge >= 0.3 is 6.09 Å². The number of halogens is 1. The highest BCUT2D eigenvalue weighted by Gasteiger charge is 2.29. The summed E-state index contributed by atoms with van der Waals surface area (Å²) in [6.07, 6.45) is 4.55. The van der Waals surface area contributed by atoms with Gasteiger partial charge in [-0.2, -0.15) is 5.10 Å². The van der Waals surface area contributed by atoms with Gasteiger partial charge in [0.25, 0.3) is 0 Å². The fourth-order valence-electron chi connectivity index (χ4n) is 2.43. The zero-order valence-electron chi connectivity index (χ0n) is 12.3. The molecular formula is C14H17ClN4O2. The number of fused-ring (bicyclic) bond motifs is 3. The van der Waals surface area contributed by atoms with Crippen molar-refractivity contribution >= 4 is 29.0 Å². The molecule has 0 spiro atoms. The zero-order valence-corrected chi connectivity index (χ0v) is 13.0. The third kappa shape index (κ3) is 2.55. The molecule has 0 aromatic carbocycles. The van der Waals surface area contributed by atoms with Crippen LogP contribution in [-0.4, -0.2) is 32.8 Å². The van der Waals surface area contributed by atoms with Gasteiger partial charge in [0.2, 0.25) is 0 Å². The summed E-state index contributed by atoms with van der Waals surface area (Å²) in [5.41, 5.74) is 1.76. The molecule has 7 heteroatoms. The standard InChI is InChI=1S/C14H17ClN4O2/c1-14(2,3)21-13(20)18-6-4-5-10-11(18)8-16-12-9(15)7-17-19(10)12/h7-8H,4-6H2,1-3H3. The van der Waals surface area contributed by atoms with Crippen LogP contribution in [0.3, 0.4) is 0 Å². The molecule has 1 aliphatic rings. The van der Waals surface area contributed by atoms with Crippen LogP contribution in [-0.2, 0) is 11.2 Å². The van der Waals surface area contributed by atoms with Crippen molar-refractivity contribution in [3.8, 4) is 0 Å². The van der Waals surface area contributed by atoms with E-state index < -0.39 is 5.60 Å². The van der Waals surface area contributed by atoms with E-state index in [9.17, 15) is 4.79 Å². The second-order valence-corrected chi connectivity index (χ2v) is 6.46. The van der Waals surface area contributed by atoms with Gasteiger partial charge in [0.15, 0.2) is 5.65 Å². The lowest BCUT2D eigenvalue weighted by atomic mass is 10.1. The molecule has 0 saturated heterocycles. The van der Waals surface area contributed by atoms with Gasteiger partial charge in [0.05, 0.1) is 23.8 Å². The summed E-state index contributed by atoms with van der Waals surface area (Å²) in [4.78, 5) is 18.3. The molecule has 1 aliphatic heterocycles. The van der Waals surface area contributed by atoms with Crippen molar-refractivity contribution in [3.63, 3.8) is 0 Å². The van der Waals surface area contributed by atoms with Crippen LogP contribution in [0.15, 0.2) is 12.4 Å². The summed E-state index contributed by atoms with van der Waals surface area (Å²) in [6.45, 7) is 6.17. The van der Waals surface area contributed by atoms with Gasteiger partial charge in [0, 0.05) is 6.54 Å². The number of rotatable bonds is 0. The smallest absolute Gasteiger partial charge is 0.414 e. The third-order valence-electron chi connectivity index (χ3n) is 3.26. The minimum atomic E-state index is -0.527. The zero-order chi connectivity index (χ0) is 15.2. The normalized spacial score (nSPS) is 15.1. The number of anilines is 1. The van der Waals surface area contributed by atoms with E-state index in [2.05, 4.69) is 10.1 Å². The summed E-state index contributed by atoms with van der Waals surface area (Å²) >= 11 is 6.05. The van der Waals surface area contributed by atoms with Crippen LogP contribution in [0.25, 0.3) is 5.65 Å². The fourth-order valence-corrected chi connectivity index (χ4v) is 2.60. The highest BCUT2D eigenvalue weighted by molar-refractivity contribution is 6.33. The number of aromatic nitrogens is 3. The van der Waals surface area contributed by atoms with E-state index in [4.69, 9.17) is 16.3 Å². The summed E-state index contributed by atoms with van der Waals surface area (Å²) in [5, 5.41) is 4.75. The van der Waals surface area contributed by atoms with Crippen LogP contribution in [0.2, 0.25) is 5.02 Å². The molecule has 2 aromatic rings. The fraction of sp³-hybridized carbons (Fsp3) is 0.500. The number of hydrogen-bond acceptors (Lipinski definition) is 4. The lowest BCUT2D eigenvalue weighted by Crippen LogP contribution is -2.40. The van der Waals surface area contributed by atoms with Crippen LogP contribution in [0.1, 0.15) is 32.9 Å². The Balaban J connectivity index is 2.02. The maximum atomic E-state index is 12.3. The molecular weight excluding hydrogens is 292 g/mol. The number of hydrogen-bond donors (Lipinski definition) is 0. The highest BCUT2D eigenvalue weighted by Crippen LogP contribution is 2.29. The average Bonchev–Trinajstić information content (AvgIpc) is 2.78. The Hall–Kier alpha value is -1.82. The highest BCUT2D eigenvalue weighted by atomic mass is 35.5. The number of ether oxygens (including phenoxy) is 1. The second kappa shape index (κ2) is 4.87. The van der Waals surface area contributed by atoms with Crippen molar-refractivity contribution in [1.29, 1.82) is 0 Å². The molecule has 0 N–H and O–H groups in total. The van der Waals surface area contributed by atoms with Gasteiger partial charge in [-0.3, -0.25) is 4.90 Å². The Morgan fingerprint density at radius 2 is 2.14 bits per heavy atom. The van der Waals surface area contributed by atoms with E-state index in [0.717, 1.165) is 24.2 Å². The topological polar surface area (TPSA) is 59.7 Å². The summed E-state index contributed by atoms with van der Waals surface area (Å²) < 4.78 is 7.16. The van der Waals surface area contributed by atoms with Crippen molar-refractivity contribution in [3.05, 3.63) is 23.1 Å². The Bertz CT molecular complexity index is 705. The average molecular weight is 309 g/mol. The summed E-state index contributed by atoms with van der Waals surface area (Å²) in [5.74, 6) is 0. The van der Waals surface area contributed by atoms with E-state index in [1.165, 1.54) is 0 Å². The van der Waals surface area contributed by atoms with Crippen LogP contribution in [0, 0.1) is 0 Å². The number of aryl methyl sites for hydroxylation is 1. The SMILES string of the molecule is CC(C)(C)OC(=O)N1CCCc2c1cnc1c(Cl)cnn21. The minimum Gasteiger partial charge on any atom is -0.443 e. The lowest BCUT2D eigenvalue weighted by molar-refractivity contribution is 0.0577. The molecule has 2 aromatic heterocycles. The number of carbonyl (C=O) groups excluding carboxylic acids is 1. The first-order valence-electron chi connectivity index (χ1n) is 6.88. The maximum Gasteiger partial charge on any atom is 0.414 e. The van der Waals surface area contributed by atoms with Gasteiger partial charge < -0.3 is 4.74 Å². The molecule has 0 bridgehead atoms. The lowest BCUT2D eigenvalue weighted by Gasteiger charge is -2.31. The second-order valence-electron chi connectivity index (χ2n) is 6.05. The van der Waals surface area contributed by atoms with Crippen molar-refractivity contribution in [2.45, 2.75) is 39.2 Å². The molecule has 0 fully saturated rings. The molecule has 112 valence electrons. The van der Waals surface area contributed by atoms with E-state index in [-0.39, 0.29) is 6.09 Å². The Morgan fingerprint density at radius 1 is 1.38 bits per heavy atom. The van der Waals surface area contributed by atoms with E-state index >= 15 is 0 Å². The Labute approximate surface area is 127 Å². The van der Waals surface area contributed by atoms with Gasteiger partial charge in [-0.1, -0.05) is 11.6 Å². The first-order valence-corrected chi connectivity index (χ1v) is 7.26. The van der Waals surface area contributed by atoms with Crippen LogP contribution < -0.4 is 4.90 Å². The Morgan fingerprint density at radius 3 is 2.86 bits per heavy atom. The number of nitrogens with zero attached hydrogens (tertiary/aromatic N) is 4. The molecule has 21 heavy (non-hydrogen) atoms. The van der Waals surface area contributed by atoms with Crippen LogP contribution in [0.5, 0.6) is 0 Å². The quantitative estimate of drug-likeness (QED) is 0.750. The Kier molecular flexibility index (Phi) is 3.28. The first kappa shape index (κ1) is 14.1. The van der Waals surface area contributed by atoms with E-state index in [1.54, 1.807) is 21.8 Å². The largest absolute Gasteiger partial charge is 0.443 e. The van der Waals surface area contributed by atoms with Crippen LogP contribution >= 0.6 is 11.6 Å². The maximum absolute atomic E-state index is 12.3. The predicted molar refractivity (Wildman–Crippen MR) is 79.9 cm³/mol. The molecule has 0 atom stereocenters. The van der Waals surface area contributed by atoms with Crippen molar-refractivity contribution in [2.24, 2.45) is 0 Å². The van der Waals surface area contributed by atoms with Crippen molar-refractivity contribution < 1.29 is 9.53 Å². The number of carbonyl (C=O) groups is 1. The molecule has 0 unspecified atom stereocenters. The van der Waals surface area contributed by atoms with Crippen molar-refractivity contribution in [2.75, 3.05) is 11.4 Å². The summed E-state index contributed by atoms with van der Waals surface area (Å²) in [6, 6.07) is 0. The van der Waals surface area contributed by atoms with Gasteiger partial charge in [-0.25, -0.2) is 14.3 Å². The molecule has 0 saturated carbocycles.